The molecule has 0 saturated carbocycles. The van der Waals surface area contributed by atoms with Gasteiger partial charge in [-0.3, -0.25) is 0 Å². The zero-order valence-electron chi connectivity index (χ0n) is 15.4. The van der Waals surface area contributed by atoms with Crippen LogP contribution in [0, 0.1) is 5.82 Å². The van der Waals surface area contributed by atoms with Crippen molar-refractivity contribution in [3.8, 4) is 5.75 Å². The molecular weight excluding hydrogens is 366 g/mol. The molecule has 0 amide bonds. The summed E-state index contributed by atoms with van der Waals surface area (Å²) in [7, 11) is -2.55. The maximum atomic E-state index is 14.0. The van der Waals surface area contributed by atoms with Gasteiger partial charge in [-0.15, -0.1) is 0 Å². The van der Waals surface area contributed by atoms with Gasteiger partial charge in [-0.1, -0.05) is 0 Å². The molecule has 0 bridgehead atoms. The molecule has 28 heavy (non-hydrogen) atoms. The molecule has 0 radical (unpaired) electrons. The van der Waals surface area contributed by atoms with Gasteiger partial charge in [0.1, 0.15) is 0 Å². The summed E-state index contributed by atoms with van der Waals surface area (Å²) >= 11 is 0. The number of benzene rings is 4. The third-order valence-corrected chi connectivity index (χ3v) is 10.2. The molecule has 0 unspecified atom stereocenters. The zero-order valence-corrected chi connectivity index (χ0v) is 16.4. The molecule has 0 aliphatic carbocycles. The fourth-order valence-corrected chi connectivity index (χ4v) is 8.71. The number of rotatable bonds is 5. The predicted molar refractivity (Wildman–Crippen MR) is 118 cm³/mol. The van der Waals surface area contributed by atoms with Crippen molar-refractivity contribution in [3.63, 3.8) is 0 Å². The number of aromatic hydroxyl groups is 1. The minimum absolute atomic E-state index is 0.140. The molecule has 140 valence electrons. The van der Waals surface area contributed by atoms with Gasteiger partial charge >= 0.3 is 165 Å². The van der Waals surface area contributed by atoms with Crippen LogP contribution in [0.1, 0.15) is 5.56 Å². The van der Waals surface area contributed by atoms with Gasteiger partial charge < -0.3 is 0 Å². The van der Waals surface area contributed by atoms with Gasteiger partial charge in [0, 0.05) is 0 Å². The van der Waals surface area contributed by atoms with Crippen molar-refractivity contribution in [2.75, 3.05) is 0 Å². The molecule has 3 heteroatoms. The van der Waals surface area contributed by atoms with Crippen LogP contribution >= 0.6 is 7.26 Å². The van der Waals surface area contributed by atoms with E-state index in [1.807, 2.05) is 54.6 Å². The fourth-order valence-electron chi connectivity index (χ4n) is 3.96. The van der Waals surface area contributed by atoms with Gasteiger partial charge in [-0.2, -0.15) is 0 Å². The molecule has 4 aromatic rings. The van der Waals surface area contributed by atoms with Crippen molar-refractivity contribution in [2.24, 2.45) is 0 Å². The first-order valence-electron chi connectivity index (χ1n) is 9.34. The molecular formula is C25H22FOP. The summed E-state index contributed by atoms with van der Waals surface area (Å²) in [6, 6.07) is 35.5. The first-order chi connectivity index (χ1) is 13.7. The van der Waals surface area contributed by atoms with Gasteiger partial charge in [-0.05, 0) is 0 Å². The molecule has 0 fully saturated rings. The second-order valence-electron chi connectivity index (χ2n) is 6.95. The van der Waals surface area contributed by atoms with Crippen LogP contribution in [0.25, 0.3) is 0 Å². The quantitative estimate of drug-likeness (QED) is 0.489. The van der Waals surface area contributed by atoms with Gasteiger partial charge in [-0.25, -0.2) is 0 Å². The van der Waals surface area contributed by atoms with Crippen molar-refractivity contribution < 1.29 is 9.50 Å². The number of hydrogen-bond donors (Lipinski definition) is 1. The molecule has 4 rings (SSSR count). The van der Waals surface area contributed by atoms with E-state index in [9.17, 15) is 9.50 Å². The van der Waals surface area contributed by atoms with Gasteiger partial charge in [0.05, 0.1) is 0 Å². The van der Waals surface area contributed by atoms with Gasteiger partial charge in [0.15, 0.2) is 0 Å². The molecule has 0 heterocycles. The molecule has 0 aliphatic heterocycles. The normalized spacial score (nSPS) is 11.9. The third kappa shape index (κ3) is 3.44. The van der Waals surface area contributed by atoms with Gasteiger partial charge in [0.25, 0.3) is 0 Å². The van der Waals surface area contributed by atoms with E-state index in [0.29, 0.717) is 11.7 Å². The summed E-state index contributed by atoms with van der Waals surface area (Å²) in [5, 5.41) is 14.2. The molecule has 1 nitrogen and oxygen atoms in total. The van der Waals surface area contributed by atoms with Crippen molar-refractivity contribution in [2.45, 2.75) is 6.16 Å². The van der Waals surface area contributed by atoms with Crippen molar-refractivity contribution in [1.29, 1.82) is 0 Å². The second kappa shape index (κ2) is 7.96. The third-order valence-electron chi connectivity index (χ3n) is 5.30. The van der Waals surface area contributed by atoms with E-state index in [2.05, 4.69) is 36.4 Å². The van der Waals surface area contributed by atoms with E-state index < -0.39 is 7.26 Å². The molecule has 1 N–H and O–H groups in total. The second-order valence-corrected chi connectivity index (χ2v) is 10.8. The van der Waals surface area contributed by atoms with Gasteiger partial charge in [0.2, 0.25) is 0 Å². The summed E-state index contributed by atoms with van der Waals surface area (Å²) < 4.78 is 14.0. The van der Waals surface area contributed by atoms with E-state index in [-0.39, 0.29) is 11.6 Å². The van der Waals surface area contributed by atoms with Crippen molar-refractivity contribution >= 4 is 23.2 Å². The Balaban J connectivity index is 2.02. The number of hydrogen-bond acceptors (Lipinski definition) is 1. The van der Waals surface area contributed by atoms with Crippen LogP contribution in [0.5, 0.6) is 5.75 Å². The summed E-state index contributed by atoms with van der Waals surface area (Å²) in [4.78, 5) is 0. The standard InChI is InChI=1S/C25H22FOP/c26-21-16-17-25(27)20(18-21)19-28(22-10-4-1-5-11-22,23-12-6-2-7-13-23)24-14-8-3-9-15-24/h1-18,27-28H,19H2. The van der Waals surface area contributed by atoms with Crippen molar-refractivity contribution in [3.05, 3.63) is 121 Å². The van der Waals surface area contributed by atoms with E-state index in [1.54, 1.807) is 0 Å². The van der Waals surface area contributed by atoms with Crippen molar-refractivity contribution in [1.82, 2.24) is 0 Å². The number of phenols is 1. The summed E-state index contributed by atoms with van der Waals surface area (Å²) in [6.07, 6.45) is 0.578. The van der Waals surface area contributed by atoms with E-state index in [4.69, 9.17) is 0 Å². The Morgan fingerprint density at radius 2 is 1.04 bits per heavy atom. The molecule has 0 saturated heterocycles. The van der Waals surface area contributed by atoms with E-state index in [1.165, 1.54) is 34.1 Å². The Kier molecular flexibility index (Phi) is 5.23. The first-order valence-corrected chi connectivity index (χ1v) is 11.5. The number of phenolic OH excluding ortho intramolecular Hbond substituents is 1. The zero-order chi connectivity index (χ0) is 19.4. The van der Waals surface area contributed by atoms with Crippen LogP contribution in [0.4, 0.5) is 4.39 Å². The first kappa shape index (κ1) is 18.4. The van der Waals surface area contributed by atoms with Crippen LogP contribution in [0.15, 0.2) is 109 Å². The fraction of sp³-hybridized carbons (Fsp3) is 0.0400. The minimum atomic E-state index is -2.55. The van der Waals surface area contributed by atoms with Crippen LogP contribution in [-0.4, -0.2) is 5.11 Å². The monoisotopic (exact) mass is 388 g/mol. The SMILES string of the molecule is Oc1ccc(F)cc1C[PH](c1ccccc1)(c1ccccc1)c1ccccc1. The van der Waals surface area contributed by atoms with E-state index >= 15 is 0 Å². The van der Waals surface area contributed by atoms with Crippen LogP contribution in [0.3, 0.4) is 0 Å². The molecule has 0 spiro atoms. The summed E-state index contributed by atoms with van der Waals surface area (Å²) in [6.45, 7) is 0. The Bertz CT molecular complexity index is 953. The Hall–Kier alpha value is -2.96. The average Bonchev–Trinajstić information content (AvgIpc) is 2.76. The maximum absolute atomic E-state index is 14.0. The number of halogens is 1. The topological polar surface area (TPSA) is 20.2 Å². The van der Waals surface area contributed by atoms with Crippen LogP contribution in [-0.2, 0) is 6.16 Å². The Morgan fingerprint density at radius 3 is 1.46 bits per heavy atom. The summed E-state index contributed by atoms with van der Waals surface area (Å²) in [5.74, 6) is -0.189. The molecule has 0 aliphatic rings. The molecule has 4 aromatic carbocycles. The van der Waals surface area contributed by atoms with Crippen LogP contribution in [0.2, 0.25) is 0 Å². The Morgan fingerprint density at radius 1 is 0.607 bits per heavy atom. The Labute approximate surface area is 165 Å². The summed E-state index contributed by atoms with van der Waals surface area (Å²) in [5.41, 5.74) is 0.642. The molecule has 0 atom stereocenters. The van der Waals surface area contributed by atoms with E-state index in [0.717, 1.165) is 0 Å². The molecule has 0 aromatic heterocycles. The predicted octanol–water partition coefficient (Wildman–Crippen LogP) is 4.76. The van der Waals surface area contributed by atoms with Crippen LogP contribution < -0.4 is 15.9 Å². The average molecular weight is 388 g/mol.